The van der Waals surface area contributed by atoms with Crippen LogP contribution in [0.25, 0.3) is 0 Å². The molecular formula is C11H14BrN3O3. The molecule has 0 radical (unpaired) electrons. The third-order valence-electron chi connectivity index (χ3n) is 3.14. The van der Waals surface area contributed by atoms with Gasteiger partial charge in [-0.25, -0.2) is 4.98 Å². The third-order valence-corrected chi connectivity index (χ3v) is 3.97. The van der Waals surface area contributed by atoms with Crippen LogP contribution < -0.4 is 5.32 Å². The molecule has 1 amide bonds. The summed E-state index contributed by atoms with van der Waals surface area (Å²) < 4.78 is 0. The summed E-state index contributed by atoms with van der Waals surface area (Å²) in [6, 6.07) is 2.72. The van der Waals surface area contributed by atoms with Crippen LogP contribution >= 0.6 is 15.9 Å². The molecule has 7 heteroatoms. The number of nitrogens with zero attached hydrogens (tertiary/aromatic N) is 1. The molecule has 98 valence electrons. The Labute approximate surface area is 112 Å². The zero-order valence-electron chi connectivity index (χ0n) is 9.69. The summed E-state index contributed by atoms with van der Waals surface area (Å²) in [5.41, 5.74) is 0.232. The van der Waals surface area contributed by atoms with E-state index in [0.29, 0.717) is 17.3 Å². The highest BCUT2D eigenvalue weighted by atomic mass is 79.9. The average Bonchev–Trinajstić information content (AvgIpc) is 2.94. The van der Waals surface area contributed by atoms with Crippen LogP contribution in [0.2, 0.25) is 0 Å². The lowest BCUT2D eigenvalue weighted by Crippen LogP contribution is -2.28. The summed E-state index contributed by atoms with van der Waals surface area (Å²) in [6.45, 7) is 0.619. The van der Waals surface area contributed by atoms with Gasteiger partial charge in [0.2, 0.25) is 0 Å². The van der Waals surface area contributed by atoms with Crippen LogP contribution in [0.5, 0.6) is 0 Å². The maximum absolute atomic E-state index is 11.7. The van der Waals surface area contributed by atoms with E-state index in [0.717, 1.165) is 19.3 Å². The lowest BCUT2D eigenvalue weighted by atomic mass is 10.1. The minimum atomic E-state index is -0.552. The molecule has 1 aliphatic rings. The van der Waals surface area contributed by atoms with Gasteiger partial charge < -0.3 is 15.4 Å². The fourth-order valence-electron chi connectivity index (χ4n) is 2.15. The maximum Gasteiger partial charge on any atom is 0.321 e. The first-order valence-electron chi connectivity index (χ1n) is 5.82. The van der Waals surface area contributed by atoms with Gasteiger partial charge in [0.1, 0.15) is 0 Å². The number of hydrogen-bond acceptors (Lipinski definition) is 3. The Bertz CT molecular complexity index is 460. The molecule has 2 rings (SSSR count). The highest BCUT2D eigenvalue weighted by molar-refractivity contribution is 9.09. The first-order chi connectivity index (χ1) is 8.56. The normalized spacial score (nSPS) is 22.9. The number of amides is 1. The van der Waals surface area contributed by atoms with Crippen molar-refractivity contribution in [3.63, 3.8) is 0 Å². The molecule has 0 spiro atoms. The van der Waals surface area contributed by atoms with Gasteiger partial charge >= 0.3 is 5.82 Å². The number of nitro groups is 1. The number of nitrogens with one attached hydrogen (secondary N) is 2. The SMILES string of the molecule is O=C(NCC1CCC(Br)C1)c1ccc([N+](=O)[O-])[nH]1. The molecular weight excluding hydrogens is 302 g/mol. The quantitative estimate of drug-likeness (QED) is 0.507. The van der Waals surface area contributed by atoms with Gasteiger partial charge in [0.15, 0.2) is 5.69 Å². The van der Waals surface area contributed by atoms with Crippen LogP contribution in [-0.2, 0) is 0 Å². The largest absolute Gasteiger partial charge is 0.358 e. The average molecular weight is 316 g/mol. The van der Waals surface area contributed by atoms with Crippen LogP contribution in [0.4, 0.5) is 5.82 Å². The van der Waals surface area contributed by atoms with Gasteiger partial charge in [-0.2, -0.15) is 0 Å². The zero-order valence-corrected chi connectivity index (χ0v) is 11.3. The predicted molar refractivity (Wildman–Crippen MR) is 69.8 cm³/mol. The minimum Gasteiger partial charge on any atom is -0.358 e. The number of rotatable bonds is 4. The molecule has 1 heterocycles. The van der Waals surface area contributed by atoms with E-state index < -0.39 is 4.92 Å². The van der Waals surface area contributed by atoms with Gasteiger partial charge in [0.05, 0.1) is 0 Å². The molecule has 1 aliphatic carbocycles. The second kappa shape index (κ2) is 5.51. The Kier molecular flexibility index (Phi) is 4.00. The second-order valence-electron chi connectivity index (χ2n) is 4.50. The van der Waals surface area contributed by atoms with Crippen molar-refractivity contribution in [3.05, 3.63) is 27.9 Å². The van der Waals surface area contributed by atoms with Crippen molar-refractivity contribution in [3.8, 4) is 0 Å². The molecule has 0 saturated heterocycles. The van der Waals surface area contributed by atoms with E-state index in [2.05, 4.69) is 26.2 Å². The number of carbonyl (C=O) groups is 1. The van der Waals surface area contributed by atoms with Gasteiger partial charge in [-0.1, -0.05) is 15.9 Å². The Morgan fingerprint density at radius 3 is 2.89 bits per heavy atom. The molecule has 2 atom stereocenters. The van der Waals surface area contributed by atoms with Crippen LogP contribution in [0.3, 0.4) is 0 Å². The van der Waals surface area contributed by atoms with Crippen LogP contribution in [0, 0.1) is 16.0 Å². The van der Waals surface area contributed by atoms with Crippen molar-refractivity contribution in [2.75, 3.05) is 6.54 Å². The van der Waals surface area contributed by atoms with E-state index in [1.54, 1.807) is 0 Å². The van der Waals surface area contributed by atoms with Crippen molar-refractivity contribution in [1.29, 1.82) is 0 Å². The van der Waals surface area contributed by atoms with Gasteiger partial charge in [0, 0.05) is 17.4 Å². The fraction of sp³-hybridized carbons (Fsp3) is 0.545. The molecule has 6 nitrogen and oxygen atoms in total. The Morgan fingerprint density at radius 1 is 1.56 bits per heavy atom. The number of aromatic nitrogens is 1. The first kappa shape index (κ1) is 13.1. The fourth-order valence-corrected chi connectivity index (χ4v) is 2.95. The Hall–Kier alpha value is -1.37. The van der Waals surface area contributed by atoms with Gasteiger partial charge in [-0.3, -0.25) is 4.79 Å². The highest BCUT2D eigenvalue weighted by Gasteiger charge is 2.23. The van der Waals surface area contributed by atoms with E-state index in [-0.39, 0.29) is 17.4 Å². The summed E-state index contributed by atoms with van der Waals surface area (Å²) >= 11 is 3.56. The third kappa shape index (κ3) is 3.10. The maximum atomic E-state index is 11.7. The molecule has 0 aromatic carbocycles. The summed E-state index contributed by atoms with van der Waals surface area (Å²) in [4.78, 5) is 24.7. The van der Waals surface area contributed by atoms with Gasteiger partial charge in [-0.15, -0.1) is 0 Å². The molecule has 2 N–H and O–H groups in total. The van der Waals surface area contributed by atoms with Crippen LogP contribution in [-0.4, -0.2) is 27.2 Å². The lowest BCUT2D eigenvalue weighted by molar-refractivity contribution is -0.389. The minimum absolute atomic E-state index is 0.165. The second-order valence-corrected chi connectivity index (χ2v) is 5.80. The monoisotopic (exact) mass is 315 g/mol. The standard InChI is InChI=1S/C11H14BrN3O3/c12-8-2-1-7(5-8)6-13-11(16)9-3-4-10(14-9)15(17)18/h3-4,7-8,14H,1-2,5-6H2,(H,13,16). The summed E-state index contributed by atoms with van der Waals surface area (Å²) in [7, 11) is 0. The molecule has 1 aromatic rings. The van der Waals surface area contributed by atoms with Gasteiger partial charge in [-0.05, 0) is 36.2 Å². The van der Waals surface area contributed by atoms with E-state index in [1.807, 2.05) is 0 Å². The smallest absolute Gasteiger partial charge is 0.321 e. The summed E-state index contributed by atoms with van der Waals surface area (Å²) in [6.07, 6.45) is 3.29. The molecule has 1 fully saturated rings. The van der Waals surface area contributed by atoms with E-state index >= 15 is 0 Å². The number of H-pyrrole nitrogens is 1. The lowest BCUT2D eigenvalue weighted by Gasteiger charge is -2.09. The number of aromatic amines is 1. The van der Waals surface area contributed by atoms with Crippen LogP contribution in [0.15, 0.2) is 12.1 Å². The van der Waals surface area contributed by atoms with Crippen molar-refractivity contribution in [2.24, 2.45) is 5.92 Å². The highest BCUT2D eigenvalue weighted by Crippen LogP contribution is 2.30. The number of carbonyl (C=O) groups excluding carboxylic acids is 1. The molecule has 0 aliphatic heterocycles. The van der Waals surface area contributed by atoms with Crippen molar-refractivity contribution < 1.29 is 9.72 Å². The summed E-state index contributed by atoms with van der Waals surface area (Å²) in [5.74, 6) is 0.0333. The topological polar surface area (TPSA) is 88.0 Å². The van der Waals surface area contributed by atoms with Crippen molar-refractivity contribution in [2.45, 2.75) is 24.1 Å². The zero-order chi connectivity index (χ0) is 13.1. The number of halogens is 1. The number of alkyl halides is 1. The molecule has 0 bridgehead atoms. The Morgan fingerprint density at radius 2 is 2.33 bits per heavy atom. The number of hydrogen-bond donors (Lipinski definition) is 2. The van der Waals surface area contributed by atoms with Crippen molar-refractivity contribution in [1.82, 2.24) is 10.3 Å². The first-order valence-corrected chi connectivity index (χ1v) is 6.73. The predicted octanol–water partition coefficient (Wildman–Crippen LogP) is 2.22. The van der Waals surface area contributed by atoms with Crippen molar-refractivity contribution >= 4 is 27.7 Å². The summed E-state index contributed by atoms with van der Waals surface area (Å²) in [5, 5.41) is 13.3. The van der Waals surface area contributed by atoms with Crippen LogP contribution in [0.1, 0.15) is 29.8 Å². The molecule has 18 heavy (non-hydrogen) atoms. The molecule has 2 unspecified atom stereocenters. The molecule has 1 aromatic heterocycles. The van der Waals surface area contributed by atoms with E-state index in [9.17, 15) is 14.9 Å². The Balaban J connectivity index is 1.85. The van der Waals surface area contributed by atoms with E-state index in [1.165, 1.54) is 12.1 Å². The van der Waals surface area contributed by atoms with E-state index in [4.69, 9.17) is 0 Å². The molecule has 1 saturated carbocycles. The van der Waals surface area contributed by atoms with Gasteiger partial charge in [0.25, 0.3) is 5.91 Å².